The lowest BCUT2D eigenvalue weighted by Gasteiger charge is -2.26. The predicted molar refractivity (Wildman–Crippen MR) is 69.4 cm³/mol. The number of hydrogen-bond acceptors (Lipinski definition) is 3. The van der Waals surface area contributed by atoms with E-state index in [2.05, 4.69) is 5.43 Å². The molecule has 1 atom stereocenters. The second-order valence-corrected chi connectivity index (χ2v) is 4.99. The molecule has 100 valence electrons. The minimum absolute atomic E-state index is 0.186. The van der Waals surface area contributed by atoms with Crippen LogP contribution in [0.25, 0.3) is 0 Å². The Labute approximate surface area is 107 Å². The molecule has 1 heterocycles. The van der Waals surface area contributed by atoms with Gasteiger partial charge in [-0.1, -0.05) is 12.1 Å². The molecule has 1 unspecified atom stereocenters. The molecule has 0 aliphatic carbocycles. The standard InChI is InChI=1S/C14H21FN2O/c15-13-3-1-2-12(8-13)10-14(17-16)9-11-4-6-18-7-5-11/h1-3,8,11,14,17H,4-7,9-10,16H2. The van der Waals surface area contributed by atoms with Crippen molar-refractivity contribution >= 4 is 0 Å². The number of nitrogens with two attached hydrogens (primary N) is 1. The lowest BCUT2D eigenvalue weighted by molar-refractivity contribution is 0.0605. The van der Waals surface area contributed by atoms with Crippen molar-refractivity contribution in [3.63, 3.8) is 0 Å². The molecule has 1 aromatic rings. The van der Waals surface area contributed by atoms with Crippen LogP contribution in [0.4, 0.5) is 4.39 Å². The zero-order chi connectivity index (χ0) is 12.8. The number of hydrogen-bond donors (Lipinski definition) is 2. The van der Waals surface area contributed by atoms with E-state index in [1.165, 1.54) is 6.07 Å². The van der Waals surface area contributed by atoms with Crippen molar-refractivity contribution in [1.29, 1.82) is 0 Å². The normalized spacial score (nSPS) is 18.8. The average molecular weight is 252 g/mol. The molecule has 3 nitrogen and oxygen atoms in total. The molecule has 1 fully saturated rings. The van der Waals surface area contributed by atoms with E-state index in [0.29, 0.717) is 5.92 Å². The first kappa shape index (κ1) is 13.5. The first-order chi connectivity index (χ1) is 8.78. The van der Waals surface area contributed by atoms with Crippen LogP contribution in [0.5, 0.6) is 0 Å². The minimum Gasteiger partial charge on any atom is -0.381 e. The van der Waals surface area contributed by atoms with Gasteiger partial charge in [0.2, 0.25) is 0 Å². The van der Waals surface area contributed by atoms with E-state index in [1.54, 1.807) is 12.1 Å². The van der Waals surface area contributed by atoms with Crippen LogP contribution >= 0.6 is 0 Å². The van der Waals surface area contributed by atoms with Crippen LogP contribution in [0.2, 0.25) is 0 Å². The molecule has 1 aliphatic heterocycles. The first-order valence-corrected chi connectivity index (χ1v) is 6.56. The molecular formula is C14H21FN2O. The molecule has 0 radical (unpaired) electrons. The Morgan fingerprint density at radius 3 is 2.83 bits per heavy atom. The summed E-state index contributed by atoms with van der Waals surface area (Å²) in [6, 6.07) is 6.93. The van der Waals surface area contributed by atoms with Gasteiger partial charge in [0.15, 0.2) is 0 Å². The highest BCUT2D eigenvalue weighted by molar-refractivity contribution is 5.17. The van der Waals surface area contributed by atoms with Crippen molar-refractivity contribution in [3.8, 4) is 0 Å². The summed E-state index contributed by atoms with van der Waals surface area (Å²) >= 11 is 0. The predicted octanol–water partition coefficient (Wildman–Crippen LogP) is 2.02. The molecule has 3 N–H and O–H groups in total. The van der Waals surface area contributed by atoms with Crippen molar-refractivity contribution in [1.82, 2.24) is 5.43 Å². The molecule has 0 saturated carbocycles. The summed E-state index contributed by atoms with van der Waals surface area (Å²) in [4.78, 5) is 0. The summed E-state index contributed by atoms with van der Waals surface area (Å²) in [5.41, 5.74) is 3.84. The topological polar surface area (TPSA) is 47.3 Å². The summed E-state index contributed by atoms with van der Waals surface area (Å²) < 4.78 is 18.5. The number of nitrogens with one attached hydrogen (secondary N) is 1. The van der Waals surface area contributed by atoms with Gasteiger partial charge in [-0.15, -0.1) is 0 Å². The van der Waals surface area contributed by atoms with Crippen molar-refractivity contribution in [3.05, 3.63) is 35.6 Å². The van der Waals surface area contributed by atoms with E-state index in [-0.39, 0.29) is 11.9 Å². The summed E-state index contributed by atoms with van der Waals surface area (Å²) in [6.07, 6.45) is 3.99. The molecule has 0 aromatic heterocycles. The van der Waals surface area contributed by atoms with E-state index in [9.17, 15) is 4.39 Å². The quantitative estimate of drug-likeness (QED) is 0.622. The zero-order valence-electron chi connectivity index (χ0n) is 10.6. The molecular weight excluding hydrogens is 231 g/mol. The highest BCUT2D eigenvalue weighted by Crippen LogP contribution is 2.21. The van der Waals surface area contributed by atoms with E-state index in [0.717, 1.165) is 44.5 Å². The molecule has 1 saturated heterocycles. The van der Waals surface area contributed by atoms with Gasteiger partial charge in [-0.2, -0.15) is 0 Å². The molecule has 18 heavy (non-hydrogen) atoms. The Kier molecular flexibility index (Phi) is 5.11. The average Bonchev–Trinajstić information content (AvgIpc) is 2.39. The maximum Gasteiger partial charge on any atom is 0.123 e. The first-order valence-electron chi connectivity index (χ1n) is 6.56. The van der Waals surface area contributed by atoms with Crippen LogP contribution < -0.4 is 11.3 Å². The van der Waals surface area contributed by atoms with Crippen LogP contribution in [0.3, 0.4) is 0 Å². The van der Waals surface area contributed by atoms with Gasteiger partial charge in [0.1, 0.15) is 5.82 Å². The summed E-state index contributed by atoms with van der Waals surface area (Å²) in [6.45, 7) is 1.70. The van der Waals surface area contributed by atoms with E-state index in [4.69, 9.17) is 10.6 Å². The van der Waals surface area contributed by atoms with E-state index >= 15 is 0 Å². The third-order valence-electron chi connectivity index (χ3n) is 3.57. The molecule has 4 heteroatoms. The van der Waals surface area contributed by atoms with Gasteiger partial charge in [0.05, 0.1) is 0 Å². The smallest absolute Gasteiger partial charge is 0.123 e. The van der Waals surface area contributed by atoms with E-state index < -0.39 is 0 Å². The van der Waals surface area contributed by atoms with Crippen molar-refractivity contribution in [2.45, 2.75) is 31.7 Å². The Hall–Kier alpha value is -0.970. The third kappa shape index (κ3) is 4.05. The second-order valence-electron chi connectivity index (χ2n) is 4.99. The van der Waals surface area contributed by atoms with Crippen LogP contribution in [-0.4, -0.2) is 19.3 Å². The van der Waals surface area contributed by atoms with Crippen LogP contribution in [0.15, 0.2) is 24.3 Å². The maximum absolute atomic E-state index is 13.1. The highest BCUT2D eigenvalue weighted by Gasteiger charge is 2.18. The van der Waals surface area contributed by atoms with Gasteiger partial charge in [0, 0.05) is 19.3 Å². The Morgan fingerprint density at radius 1 is 1.39 bits per heavy atom. The van der Waals surface area contributed by atoms with E-state index in [1.807, 2.05) is 6.07 Å². The van der Waals surface area contributed by atoms with Gasteiger partial charge in [-0.05, 0) is 49.3 Å². The lowest BCUT2D eigenvalue weighted by Crippen LogP contribution is -2.39. The molecule has 0 spiro atoms. The molecule has 2 rings (SSSR count). The van der Waals surface area contributed by atoms with Crippen molar-refractivity contribution in [2.75, 3.05) is 13.2 Å². The van der Waals surface area contributed by atoms with Gasteiger partial charge < -0.3 is 4.74 Å². The third-order valence-corrected chi connectivity index (χ3v) is 3.57. The highest BCUT2D eigenvalue weighted by atomic mass is 19.1. The van der Waals surface area contributed by atoms with Crippen LogP contribution in [-0.2, 0) is 11.2 Å². The Bertz CT molecular complexity index is 367. The van der Waals surface area contributed by atoms with Crippen LogP contribution in [0.1, 0.15) is 24.8 Å². The zero-order valence-corrected chi connectivity index (χ0v) is 10.6. The fourth-order valence-corrected chi connectivity index (χ4v) is 2.54. The molecule has 1 aromatic carbocycles. The van der Waals surface area contributed by atoms with Gasteiger partial charge >= 0.3 is 0 Å². The largest absolute Gasteiger partial charge is 0.381 e. The maximum atomic E-state index is 13.1. The number of benzene rings is 1. The fraction of sp³-hybridized carbons (Fsp3) is 0.571. The van der Waals surface area contributed by atoms with Crippen LogP contribution in [0, 0.1) is 11.7 Å². The second kappa shape index (κ2) is 6.83. The molecule has 0 amide bonds. The Balaban J connectivity index is 1.88. The SMILES string of the molecule is NNC(Cc1cccc(F)c1)CC1CCOCC1. The van der Waals surface area contributed by atoms with Gasteiger partial charge in [0.25, 0.3) is 0 Å². The molecule has 1 aliphatic rings. The summed E-state index contributed by atoms with van der Waals surface area (Å²) in [5.74, 6) is 6.08. The van der Waals surface area contributed by atoms with Crippen molar-refractivity contribution in [2.24, 2.45) is 11.8 Å². The minimum atomic E-state index is -0.186. The Morgan fingerprint density at radius 2 is 2.17 bits per heavy atom. The van der Waals surface area contributed by atoms with Gasteiger partial charge in [-0.25, -0.2) is 4.39 Å². The summed E-state index contributed by atoms with van der Waals surface area (Å²) in [7, 11) is 0. The fourth-order valence-electron chi connectivity index (χ4n) is 2.54. The monoisotopic (exact) mass is 252 g/mol. The van der Waals surface area contributed by atoms with Gasteiger partial charge in [-0.3, -0.25) is 11.3 Å². The summed E-state index contributed by atoms with van der Waals surface area (Å²) in [5, 5.41) is 0. The molecule has 0 bridgehead atoms. The number of rotatable bonds is 5. The number of halogens is 1. The van der Waals surface area contributed by atoms with Crippen molar-refractivity contribution < 1.29 is 9.13 Å². The lowest BCUT2D eigenvalue weighted by atomic mass is 9.90. The number of ether oxygens (including phenoxy) is 1. The number of hydrazine groups is 1.